The number of benzene rings is 2. The summed E-state index contributed by atoms with van der Waals surface area (Å²) in [4.78, 5) is 0. The van der Waals surface area contributed by atoms with Gasteiger partial charge in [-0.05, 0) is 54.4 Å². The van der Waals surface area contributed by atoms with Gasteiger partial charge in [-0.3, -0.25) is 0 Å². The van der Waals surface area contributed by atoms with Crippen LogP contribution >= 0.6 is 0 Å². The molecule has 2 aromatic carbocycles. The molecule has 0 aliphatic carbocycles. The molecule has 0 amide bonds. The smallest absolute Gasteiger partial charge is 0.248 e. The zero-order valence-corrected chi connectivity index (χ0v) is 13.0. The van der Waals surface area contributed by atoms with Crippen LogP contribution < -0.4 is 4.74 Å². The number of rotatable bonds is 5. The molecule has 0 atom stereocenters. The molecule has 0 aliphatic rings. The summed E-state index contributed by atoms with van der Waals surface area (Å²) in [5.74, 6) is 1.76. The third-order valence-corrected chi connectivity index (χ3v) is 3.20. The number of halogens is 1. The van der Waals surface area contributed by atoms with Crippen LogP contribution in [-0.4, -0.2) is 16.8 Å². The standard InChI is InChI=1S/C18H17FN2O2/c1-12(2)11-22-16-9-5-14(6-10-16)18-21-20-17(23-18)13-3-7-15(19)8-4-13/h3-10,12H,11H2,1-2H3. The second-order valence-corrected chi connectivity index (χ2v) is 5.65. The van der Waals surface area contributed by atoms with Crippen LogP contribution in [0.4, 0.5) is 4.39 Å². The van der Waals surface area contributed by atoms with Crippen molar-refractivity contribution in [3.8, 4) is 28.7 Å². The molecule has 3 aromatic rings. The summed E-state index contributed by atoms with van der Waals surface area (Å²) in [6.45, 7) is 4.88. The minimum absolute atomic E-state index is 0.300. The van der Waals surface area contributed by atoms with Gasteiger partial charge in [0.2, 0.25) is 11.8 Å². The van der Waals surface area contributed by atoms with Crippen molar-refractivity contribution >= 4 is 0 Å². The van der Waals surface area contributed by atoms with E-state index < -0.39 is 0 Å². The zero-order chi connectivity index (χ0) is 16.2. The monoisotopic (exact) mass is 312 g/mol. The van der Waals surface area contributed by atoms with Crippen molar-refractivity contribution in [2.24, 2.45) is 5.92 Å². The molecule has 5 heteroatoms. The number of aromatic nitrogens is 2. The van der Waals surface area contributed by atoms with E-state index in [0.717, 1.165) is 11.3 Å². The summed E-state index contributed by atoms with van der Waals surface area (Å²) in [6, 6.07) is 13.4. The molecule has 1 aromatic heterocycles. The van der Waals surface area contributed by atoms with E-state index in [4.69, 9.17) is 9.15 Å². The molecule has 0 fully saturated rings. The maximum Gasteiger partial charge on any atom is 0.248 e. The molecule has 118 valence electrons. The van der Waals surface area contributed by atoms with Gasteiger partial charge in [-0.2, -0.15) is 0 Å². The van der Waals surface area contributed by atoms with Gasteiger partial charge in [0.25, 0.3) is 0 Å². The van der Waals surface area contributed by atoms with Crippen LogP contribution in [0.3, 0.4) is 0 Å². The van der Waals surface area contributed by atoms with Crippen LogP contribution in [0.1, 0.15) is 13.8 Å². The number of hydrogen-bond acceptors (Lipinski definition) is 4. The number of ether oxygens (including phenoxy) is 1. The molecular formula is C18H17FN2O2. The summed E-state index contributed by atoms with van der Waals surface area (Å²) < 4.78 is 24.2. The molecule has 1 heterocycles. The lowest BCUT2D eigenvalue weighted by atomic mass is 10.2. The van der Waals surface area contributed by atoms with Crippen LogP contribution in [0, 0.1) is 11.7 Å². The Labute approximate surface area is 133 Å². The van der Waals surface area contributed by atoms with E-state index in [1.807, 2.05) is 24.3 Å². The first-order chi connectivity index (χ1) is 11.1. The van der Waals surface area contributed by atoms with Crippen molar-refractivity contribution in [2.75, 3.05) is 6.61 Å². The van der Waals surface area contributed by atoms with Crippen molar-refractivity contribution in [3.05, 3.63) is 54.3 Å². The molecular weight excluding hydrogens is 295 g/mol. The third-order valence-electron chi connectivity index (χ3n) is 3.20. The second-order valence-electron chi connectivity index (χ2n) is 5.65. The highest BCUT2D eigenvalue weighted by molar-refractivity contribution is 5.58. The molecule has 0 spiro atoms. The van der Waals surface area contributed by atoms with Crippen LogP contribution in [0.15, 0.2) is 52.9 Å². The fraction of sp³-hybridized carbons (Fsp3) is 0.222. The van der Waals surface area contributed by atoms with Gasteiger partial charge in [-0.25, -0.2) is 4.39 Å². The first-order valence-electron chi connectivity index (χ1n) is 7.44. The van der Waals surface area contributed by atoms with Crippen LogP contribution in [0.5, 0.6) is 5.75 Å². The van der Waals surface area contributed by atoms with Crippen molar-refractivity contribution in [1.29, 1.82) is 0 Å². The van der Waals surface area contributed by atoms with Crippen LogP contribution in [0.25, 0.3) is 22.9 Å². The van der Waals surface area contributed by atoms with Gasteiger partial charge in [0.05, 0.1) is 6.61 Å². The normalized spacial score (nSPS) is 11.0. The second kappa shape index (κ2) is 6.60. The van der Waals surface area contributed by atoms with E-state index >= 15 is 0 Å². The zero-order valence-electron chi connectivity index (χ0n) is 13.0. The van der Waals surface area contributed by atoms with E-state index in [1.165, 1.54) is 12.1 Å². The van der Waals surface area contributed by atoms with Crippen LogP contribution in [0.2, 0.25) is 0 Å². The number of hydrogen-bond donors (Lipinski definition) is 0. The Hall–Kier alpha value is -2.69. The first-order valence-corrected chi connectivity index (χ1v) is 7.44. The van der Waals surface area contributed by atoms with E-state index in [9.17, 15) is 4.39 Å². The van der Waals surface area contributed by atoms with Crippen molar-refractivity contribution in [1.82, 2.24) is 10.2 Å². The van der Waals surface area contributed by atoms with E-state index in [0.29, 0.717) is 29.9 Å². The van der Waals surface area contributed by atoms with Crippen molar-refractivity contribution < 1.29 is 13.5 Å². The Balaban J connectivity index is 1.76. The Kier molecular flexibility index (Phi) is 4.37. The molecule has 0 unspecified atom stereocenters. The fourth-order valence-corrected chi connectivity index (χ4v) is 2.01. The average Bonchev–Trinajstić information content (AvgIpc) is 3.04. The van der Waals surface area contributed by atoms with Gasteiger partial charge in [-0.15, -0.1) is 10.2 Å². The summed E-state index contributed by atoms with van der Waals surface area (Å²) in [7, 11) is 0. The molecule has 0 radical (unpaired) electrons. The average molecular weight is 312 g/mol. The maximum absolute atomic E-state index is 12.9. The Morgan fingerprint density at radius 1 is 0.913 bits per heavy atom. The third kappa shape index (κ3) is 3.74. The van der Waals surface area contributed by atoms with Crippen molar-refractivity contribution in [2.45, 2.75) is 13.8 Å². The first kappa shape index (κ1) is 15.2. The molecule has 23 heavy (non-hydrogen) atoms. The summed E-state index contributed by atoms with van der Waals surface area (Å²) in [6.07, 6.45) is 0. The maximum atomic E-state index is 12.9. The largest absolute Gasteiger partial charge is 0.493 e. The Morgan fingerprint density at radius 2 is 1.43 bits per heavy atom. The highest BCUT2D eigenvalue weighted by atomic mass is 19.1. The summed E-state index contributed by atoms with van der Waals surface area (Å²) in [5.41, 5.74) is 1.49. The lowest BCUT2D eigenvalue weighted by molar-refractivity contribution is 0.271. The van der Waals surface area contributed by atoms with Gasteiger partial charge >= 0.3 is 0 Å². The predicted molar refractivity (Wildman–Crippen MR) is 85.5 cm³/mol. The van der Waals surface area contributed by atoms with E-state index in [2.05, 4.69) is 24.0 Å². The minimum Gasteiger partial charge on any atom is -0.493 e. The molecule has 0 saturated carbocycles. The van der Waals surface area contributed by atoms with Gasteiger partial charge in [0.15, 0.2) is 0 Å². The summed E-state index contributed by atoms with van der Waals surface area (Å²) in [5, 5.41) is 8.04. The minimum atomic E-state index is -0.300. The Morgan fingerprint density at radius 3 is 1.96 bits per heavy atom. The number of nitrogens with zero attached hydrogens (tertiary/aromatic N) is 2. The topological polar surface area (TPSA) is 48.2 Å². The highest BCUT2D eigenvalue weighted by Crippen LogP contribution is 2.25. The molecule has 0 aliphatic heterocycles. The molecule has 0 bridgehead atoms. The van der Waals surface area contributed by atoms with Crippen LogP contribution in [-0.2, 0) is 0 Å². The predicted octanol–water partition coefficient (Wildman–Crippen LogP) is 4.58. The lowest BCUT2D eigenvalue weighted by Crippen LogP contribution is -2.04. The SMILES string of the molecule is CC(C)COc1ccc(-c2nnc(-c3ccc(F)cc3)o2)cc1. The Bertz CT molecular complexity index is 764. The summed E-state index contributed by atoms with van der Waals surface area (Å²) >= 11 is 0. The van der Waals surface area contributed by atoms with E-state index in [1.54, 1.807) is 12.1 Å². The van der Waals surface area contributed by atoms with Gasteiger partial charge in [0, 0.05) is 11.1 Å². The highest BCUT2D eigenvalue weighted by Gasteiger charge is 2.10. The molecule has 0 saturated heterocycles. The van der Waals surface area contributed by atoms with Gasteiger partial charge < -0.3 is 9.15 Å². The van der Waals surface area contributed by atoms with Crippen molar-refractivity contribution in [3.63, 3.8) is 0 Å². The fourth-order valence-electron chi connectivity index (χ4n) is 2.01. The van der Waals surface area contributed by atoms with Gasteiger partial charge in [0.1, 0.15) is 11.6 Å². The van der Waals surface area contributed by atoms with Gasteiger partial charge in [-0.1, -0.05) is 13.8 Å². The van der Waals surface area contributed by atoms with E-state index in [-0.39, 0.29) is 5.82 Å². The molecule has 3 rings (SSSR count). The lowest BCUT2D eigenvalue weighted by Gasteiger charge is -2.08. The molecule has 4 nitrogen and oxygen atoms in total. The molecule has 0 N–H and O–H groups in total. The quantitative estimate of drug-likeness (QED) is 0.692.